The molecule has 2 heterocycles. The van der Waals surface area contributed by atoms with Crippen molar-refractivity contribution in [2.75, 3.05) is 20.3 Å². The summed E-state index contributed by atoms with van der Waals surface area (Å²) in [4.78, 5) is 11.9. The maximum atomic E-state index is 11.9. The van der Waals surface area contributed by atoms with Gasteiger partial charge in [-0.3, -0.25) is 0 Å². The summed E-state index contributed by atoms with van der Waals surface area (Å²) in [7, 11) is 1.70. The molecular formula is C20H30O5. The molecule has 3 aliphatic rings. The molecule has 0 aromatic carbocycles. The lowest BCUT2D eigenvalue weighted by Crippen LogP contribution is -2.50. The van der Waals surface area contributed by atoms with Gasteiger partial charge in [-0.2, -0.15) is 0 Å². The number of esters is 1. The molecule has 5 nitrogen and oxygen atoms in total. The number of epoxide rings is 2. The van der Waals surface area contributed by atoms with E-state index in [-0.39, 0.29) is 35.3 Å². The lowest BCUT2D eigenvalue weighted by atomic mass is 9.67. The van der Waals surface area contributed by atoms with E-state index in [1.807, 2.05) is 6.92 Å². The highest BCUT2D eigenvalue weighted by Gasteiger charge is 2.71. The molecular weight excluding hydrogens is 320 g/mol. The molecule has 0 unspecified atom stereocenters. The summed E-state index contributed by atoms with van der Waals surface area (Å²) >= 11 is 0. The van der Waals surface area contributed by atoms with E-state index in [0.717, 1.165) is 31.4 Å². The van der Waals surface area contributed by atoms with E-state index in [1.165, 1.54) is 5.57 Å². The normalized spacial score (nSPS) is 40.8. The van der Waals surface area contributed by atoms with Gasteiger partial charge in [0.2, 0.25) is 0 Å². The Morgan fingerprint density at radius 3 is 2.68 bits per heavy atom. The van der Waals surface area contributed by atoms with Crippen molar-refractivity contribution >= 4 is 5.97 Å². The minimum atomic E-state index is -0.297. The fourth-order valence-electron chi connectivity index (χ4n) is 4.33. The summed E-state index contributed by atoms with van der Waals surface area (Å²) in [5.41, 5.74) is 1.84. The second-order valence-electron chi connectivity index (χ2n) is 7.77. The number of methoxy groups -OCH3 is 1. The monoisotopic (exact) mass is 350 g/mol. The van der Waals surface area contributed by atoms with Gasteiger partial charge in [0.05, 0.1) is 31.3 Å². The number of rotatable bonds is 6. The topological polar surface area (TPSA) is 60.6 Å². The quantitative estimate of drug-likeness (QED) is 0.319. The van der Waals surface area contributed by atoms with Crippen LogP contribution >= 0.6 is 0 Å². The fraction of sp³-hybridized carbons (Fsp3) is 0.750. The Morgan fingerprint density at radius 2 is 2.12 bits per heavy atom. The first-order valence-electron chi connectivity index (χ1n) is 9.21. The fourth-order valence-corrected chi connectivity index (χ4v) is 4.33. The number of ether oxygens (including phenoxy) is 4. The van der Waals surface area contributed by atoms with Gasteiger partial charge in [0.25, 0.3) is 0 Å². The molecule has 5 atom stereocenters. The van der Waals surface area contributed by atoms with Crippen LogP contribution in [0.4, 0.5) is 0 Å². The molecule has 0 amide bonds. The molecule has 0 N–H and O–H groups in total. The van der Waals surface area contributed by atoms with Crippen LogP contribution in [0.15, 0.2) is 23.3 Å². The minimum Gasteiger partial charge on any atom is -0.463 e. The third-order valence-electron chi connectivity index (χ3n) is 5.77. The van der Waals surface area contributed by atoms with Crippen LogP contribution in [0, 0.1) is 5.92 Å². The Bertz CT molecular complexity index is 585. The maximum absolute atomic E-state index is 11.9. The van der Waals surface area contributed by atoms with Crippen molar-refractivity contribution in [1.29, 1.82) is 0 Å². The molecule has 25 heavy (non-hydrogen) atoms. The zero-order valence-corrected chi connectivity index (χ0v) is 16.0. The molecule has 140 valence electrons. The van der Waals surface area contributed by atoms with E-state index in [9.17, 15) is 4.79 Å². The van der Waals surface area contributed by atoms with E-state index >= 15 is 0 Å². The molecule has 1 saturated carbocycles. The molecule has 0 aromatic heterocycles. The smallest absolute Gasteiger partial charge is 0.330 e. The molecule has 2 saturated heterocycles. The summed E-state index contributed by atoms with van der Waals surface area (Å²) in [6.07, 6.45) is 6.42. The number of hydrogen-bond acceptors (Lipinski definition) is 5. The van der Waals surface area contributed by atoms with E-state index in [4.69, 9.17) is 18.9 Å². The largest absolute Gasteiger partial charge is 0.463 e. The van der Waals surface area contributed by atoms with Gasteiger partial charge in [-0.25, -0.2) is 4.79 Å². The summed E-state index contributed by atoms with van der Waals surface area (Å²) < 4.78 is 23.0. The highest BCUT2D eigenvalue weighted by Crippen LogP contribution is 2.60. The Hall–Kier alpha value is -1.17. The van der Waals surface area contributed by atoms with E-state index in [0.29, 0.717) is 6.61 Å². The van der Waals surface area contributed by atoms with Crippen molar-refractivity contribution < 1.29 is 23.7 Å². The van der Waals surface area contributed by atoms with Gasteiger partial charge in [-0.1, -0.05) is 11.6 Å². The minimum absolute atomic E-state index is 0.0926. The number of carbonyl (C=O) groups is 1. The van der Waals surface area contributed by atoms with Crippen LogP contribution in [-0.4, -0.2) is 49.7 Å². The van der Waals surface area contributed by atoms with Crippen LogP contribution in [0.5, 0.6) is 0 Å². The summed E-state index contributed by atoms with van der Waals surface area (Å²) in [5.74, 6) is -0.205. The first-order chi connectivity index (χ1) is 11.9. The van der Waals surface area contributed by atoms with Crippen molar-refractivity contribution in [1.82, 2.24) is 0 Å². The lowest BCUT2D eigenvalue weighted by Gasteiger charge is -2.40. The average Bonchev–Trinajstić information content (AvgIpc) is 3.45. The lowest BCUT2D eigenvalue weighted by molar-refractivity contribution is -0.137. The Morgan fingerprint density at radius 1 is 1.40 bits per heavy atom. The first-order valence-corrected chi connectivity index (χ1v) is 9.21. The third-order valence-corrected chi connectivity index (χ3v) is 5.77. The van der Waals surface area contributed by atoms with Crippen LogP contribution in [0.2, 0.25) is 0 Å². The van der Waals surface area contributed by atoms with E-state index < -0.39 is 0 Å². The standard InChI is InChI=1S/C20H30O5/c1-6-23-16(21)11-14-9-10-20(12-24-20)18(17(14)22-5)19(4)15(25-19)8-7-13(2)3/h7,11,15,17-18H,6,8-10,12H2,1-5H3/t15-,17-,18-,19+,20+/m1/s1. The van der Waals surface area contributed by atoms with Gasteiger partial charge in [0.1, 0.15) is 11.2 Å². The second kappa shape index (κ2) is 6.86. The number of carbonyl (C=O) groups excluding carboxylic acids is 1. The van der Waals surface area contributed by atoms with Crippen molar-refractivity contribution in [2.45, 2.75) is 70.4 Å². The molecule has 0 radical (unpaired) electrons. The van der Waals surface area contributed by atoms with Crippen LogP contribution in [-0.2, 0) is 23.7 Å². The van der Waals surface area contributed by atoms with E-state index in [2.05, 4.69) is 26.8 Å². The third kappa shape index (κ3) is 3.55. The molecule has 1 spiro atoms. The molecule has 1 aliphatic carbocycles. The number of hydrogen-bond donors (Lipinski definition) is 0. The van der Waals surface area contributed by atoms with Crippen LogP contribution in [0.25, 0.3) is 0 Å². The van der Waals surface area contributed by atoms with Gasteiger partial charge in [-0.05, 0) is 52.5 Å². The van der Waals surface area contributed by atoms with Crippen molar-refractivity contribution in [3.8, 4) is 0 Å². The average molecular weight is 350 g/mol. The van der Waals surface area contributed by atoms with Crippen molar-refractivity contribution in [3.05, 3.63) is 23.3 Å². The van der Waals surface area contributed by atoms with Gasteiger partial charge >= 0.3 is 5.97 Å². The van der Waals surface area contributed by atoms with Gasteiger partial charge in [-0.15, -0.1) is 0 Å². The molecule has 3 rings (SSSR count). The van der Waals surface area contributed by atoms with Crippen molar-refractivity contribution in [2.24, 2.45) is 5.92 Å². The Balaban J connectivity index is 1.82. The van der Waals surface area contributed by atoms with Gasteiger partial charge in [0, 0.05) is 13.2 Å². The van der Waals surface area contributed by atoms with Crippen LogP contribution < -0.4 is 0 Å². The summed E-state index contributed by atoms with van der Waals surface area (Å²) in [6, 6.07) is 0. The molecule has 0 aromatic rings. The zero-order chi connectivity index (χ0) is 18.2. The zero-order valence-electron chi connectivity index (χ0n) is 16.0. The molecule has 0 bridgehead atoms. The molecule has 3 fully saturated rings. The highest BCUT2D eigenvalue weighted by molar-refractivity contribution is 5.83. The Kier molecular flexibility index (Phi) is 5.11. The first kappa shape index (κ1) is 18.6. The van der Waals surface area contributed by atoms with Crippen LogP contribution in [0.3, 0.4) is 0 Å². The summed E-state index contributed by atoms with van der Waals surface area (Å²) in [6.45, 7) is 9.30. The molecule has 5 heteroatoms. The van der Waals surface area contributed by atoms with Gasteiger partial charge in [0.15, 0.2) is 0 Å². The summed E-state index contributed by atoms with van der Waals surface area (Å²) in [5, 5.41) is 0. The Labute approximate surface area is 150 Å². The predicted molar refractivity (Wildman–Crippen MR) is 94.2 cm³/mol. The van der Waals surface area contributed by atoms with Crippen LogP contribution in [0.1, 0.15) is 47.0 Å². The molecule has 2 aliphatic heterocycles. The highest BCUT2D eigenvalue weighted by atomic mass is 16.6. The maximum Gasteiger partial charge on any atom is 0.330 e. The van der Waals surface area contributed by atoms with Gasteiger partial charge < -0.3 is 18.9 Å². The van der Waals surface area contributed by atoms with Crippen molar-refractivity contribution in [3.63, 3.8) is 0 Å². The van der Waals surface area contributed by atoms with E-state index in [1.54, 1.807) is 13.2 Å². The number of allylic oxidation sites excluding steroid dienone is 1. The SMILES string of the molecule is CCOC(=O)C=C1CC[C@]2(CO2)[C@@H]([C@@]2(C)O[C@@H]2CC=C(C)C)[C@@H]1OC. The second-order valence-corrected chi connectivity index (χ2v) is 7.77. The predicted octanol–water partition coefficient (Wildman–Crippen LogP) is 3.18.